The van der Waals surface area contributed by atoms with Crippen LogP contribution in [-0.2, 0) is 9.59 Å². The van der Waals surface area contributed by atoms with E-state index >= 15 is 0 Å². The molecule has 0 heterocycles. The number of rotatable bonds is 5. The highest BCUT2D eigenvalue weighted by Gasteiger charge is 2.18. The minimum absolute atomic E-state index is 0.172. The topological polar surface area (TPSA) is 58.2 Å². The Morgan fingerprint density at radius 1 is 1.31 bits per heavy atom. The Balaban J connectivity index is 3.98. The van der Waals surface area contributed by atoms with Gasteiger partial charge in [0.15, 0.2) is 0 Å². The molecule has 0 aromatic heterocycles. The van der Waals surface area contributed by atoms with E-state index in [-0.39, 0.29) is 17.2 Å². The Kier molecular flexibility index (Phi) is 6.48. The summed E-state index contributed by atoms with van der Waals surface area (Å²) in [6, 6.07) is -0.541. The van der Waals surface area contributed by atoms with E-state index in [4.69, 9.17) is 0 Å². The van der Waals surface area contributed by atoms with Crippen LogP contribution in [0.1, 0.15) is 34.1 Å². The fourth-order valence-corrected chi connectivity index (χ4v) is 1.38. The molecule has 1 unspecified atom stereocenters. The lowest BCUT2D eigenvalue weighted by Crippen LogP contribution is -2.47. The molecule has 2 N–H and O–H groups in total. The minimum atomic E-state index is -0.541. The van der Waals surface area contributed by atoms with Crippen molar-refractivity contribution in [2.24, 2.45) is 5.41 Å². The zero-order valence-corrected chi connectivity index (χ0v) is 11.4. The highest BCUT2D eigenvalue weighted by atomic mass is 32.1. The van der Waals surface area contributed by atoms with Crippen LogP contribution in [0.4, 0.5) is 0 Å². The van der Waals surface area contributed by atoms with Crippen molar-refractivity contribution in [1.82, 2.24) is 10.6 Å². The lowest BCUT2D eigenvalue weighted by Gasteiger charge is -2.20. The lowest BCUT2D eigenvalue weighted by atomic mass is 9.92. The summed E-state index contributed by atoms with van der Waals surface area (Å²) in [7, 11) is 0. The number of carbonyl (C=O) groups excluding carboxylic acids is 2. The van der Waals surface area contributed by atoms with Gasteiger partial charge in [0.25, 0.3) is 0 Å². The average molecular weight is 246 g/mol. The SMILES string of the molecule is CC(=O)NC(CS)C(=O)NCCC(C)(C)C. The lowest BCUT2D eigenvalue weighted by molar-refractivity contribution is -0.127. The van der Waals surface area contributed by atoms with Crippen LogP contribution in [0.15, 0.2) is 0 Å². The summed E-state index contributed by atoms with van der Waals surface area (Å²) >= 11 is 4.03. The van der Waals surface area contributed by atoms with Crippen LogP contribution in [-0.4, -0.2) is 30.2 Å². The molecule has 0 spiro atoms. The van der Waals surface area contributed by atoms with Gasteiger partial charge in [0, 0.05) is 19.2 Å². The van der Waals surface area contributed by atoms with Gasteiger partial charge < -0.3 is 10.6 Å². The van der Waals surface area contributed by atoms with Crippen LogP contribution in [0, 0.1) is 5.41 Å². The first-order valence-corrected chi connectivity index (χ1v) is 6.05. The maximum atomic E-state index is 11.6. The molecule has 0 rings (SSSR count). The van der Waals surface area contributed by atoms with Crippen molar-refractivity contribution in [3.8, 4) is 0 Å². The Morgan fingerprint density at radius 3 is 2.25 bits per heavy atom. The summed E-state index contributed by atoms with van der Waals surface area (Å²) in [6.07, 6.45) is 0.901. The molecule has 0 aliphatic heterocycles. The quantitative estimate of drug-likeness (QED) is 0.633. The third-order valence-electron chi connectivity index (χ3n) is 2.05. The van der Waals surface area contributed by atoms with E-state index in [2.05, 4.69) is 44.0 Å². The van der Waals surface area contributed by atoms with Crippen LogP contribution in [0.2, 0.25) is 0 Å². The van der Waals surface area contributed by atoms with Gasteiger partial charge >= 0.3 is 0 Å². The van der Waals surface area contributed by atoms with Crippen LogP contribution in [0.5, 0.6) is 0 Å². The molecular weight excluding hydrogens is 224 g/mol. The van der Waals surface area contributed by atoms with Gasteiger partial charge in [0.2, 0.25) is 11.8 Å². The van der Waals surface area contributed by atoms with Crippen LogP contribution >= 0.6 is 12.6 Å². The second-order valence-corrected chi connectivity index (χ2v) is 5.40. The normalized spacial score (nSPS) is 13.1. The first-order valence-electron chi connectivity index (χ1n) is 5.42. The van der Waals surface area contributed by atoms with E-state index in [1.54, 1.807) is 0 Å². The predicted molar refractivity (Wildman–Crippen MR) is 68.5 cm³/mol. The van der Waals surface area contributed by atoms with Gasteiger partial charge in [-0.05, 0) is 11.8 Å². The van der Waals surface area contributed by atoms with E-state index in [0.717, 1.165) is 6.42 Å². The molecule has 0 bridgehead atoms. The summed E-state index contributed by atoms with van der Waals surface area (Å²) in [5.74, 6) is -0.0829. The number of nitrogens with one attached hydrogen (secondary N) is 2. The Bertz CT molecular complexity index is 249. The van der Waals surface area contributed by atoms with Gasteiger partial charge in [0.05, 0.1) is 0 Å². The van der Waals surface area contributed by atoms with Crippen molar-refractivity contribution in [3.63, 3.8) is 0 Å². The van der Waals surface area contributed by atoms with Gasteiger partial charge in [-0.15, -0.1) is 0 Å². The molecule has 0 aliphatic carbocycles. The zero-order valence-electron chi connectivity index (χ0n) is 10.5. The molecule has 1 atom stereocenters. The van der Waals surface area contributed by atoms with Gasteiger partial charge in [-0.2, -0.15) is 12.6 Å². The van der Waals surface area contributed by atoms with E-state index in [1.165, 1.54) is 6.92 Å². The number of amides is 2. The van der Waals surface area contributed by atoms with Crippen molar-refractivity contribution < 1.29 is 9.59 Å². The minimum Gasteiger partial charge on any atom is -0.354 e. The van der Waals surface area contributed by atoms with Crippen molar-refractivity contribution in [3.05, 3.63) is 0 Å². The Morgan fingerprint density at radius 2 is 1.88 bits per heavy atom. The molecule has 16 heavy (non-hydrogen) atoms. The highest BCUT2D eigenvalue weighted by molar-refractivity contribution is 7.80. The first-order chi connectivity index (χ1) is 7.26. The van der Waals surface area contributed by atoms with Gasteiger partial charge in [-0.1, -0.05) is 20.8 Å². The Hall–Kier alpha value is -0.710. The zero-order chi connectivity index (χ0) is 12.8. The molecule has 2 amide bonds. The number of hydrogen-bond acceptors (Lipinski definition) is 3. The Labute approximate surface area is 103 Å². The smallest absolute Gasteiger partial charge is 0.243 e. The summed E-state index contributed by atoms with van der Waals surface area (Å²) in [6.45, 7) is 8.35. The second-order valence-electron chi connectivity index (χ2n) is 5.04. The van der Waals surface area contributed by atoms with Crippen LogP contribution < -0.4 is 10.6 Å². The molecule has 0 radical (unpaired) electrons. The standard InChI is InChI=1S/C11H22N2O2S/c1-8(14)13-9(7-16)10(15)12-6-5-11(2,3)4/h9,16H,5-7H2,1-4H3,(H,12,15)(H,13,14). The van der Waals surface area contributed by atoms with Crippen molar-refractivity contribution in [1.29, 1.82) is 0 Å². The molecule has 0 fully saturated rings. The van der Waals surface area contributed by atoms with E-state index in [9.17, 15) is 9.59 Å². The number of carbonyl (C=O) groups is 2. The van der Waals surface area contributed by atoms with Crippen LogP contribution in [0.25, 0.3) is 0 Å². The van der Waals surface area contributed by atoms with E-state index < -0.39 is 6.04 Å². The van der Waals surface area contributed by atoms with Crippen molar-refractivity contribution >= 4 is 24.4 Å². The van der Waals surface area contributed by atoms with E-state index in [1.807, 2.05) is 0 Å². The molecule has 5 heteroatoms. The van der Waals surface area contributed by atoms with Gasteiger partial charge in [-0.25, -0.2) is 0 Å². The monoisotopic (exact) mass is 246 g/mol. The second kappa shape index (κ2) is 6.78. The third kappa shape index (κ3) is 7.56. The number of hydrogen-bond donors (Lipinski definition) is 3. The first kappa shape index (κ1) is 15.3. The average Bonchev–Trinajstić information content (AvgIpc) is 2.11. The third-order valence-corrected chi connectivity index (χ3v) is 2.42. The van der Waals surface area contributed by atoms with Crippen molar-refractivity contribution in [2.45, 2.75) is 40.2 Å². The summed E-state index contributed by atoms with van der Waals surface area (Å²) in [5, 5.41) is 5.34. The molecule has 0 saturated heterocycles. The molecule has 4 nitrogen and oxygen atoms in total. The molecule has 0 aromatic rings. The van der Waals surface area contributed by atoms with Crippen LogP contribution in [0.3, 0.4) is 0 Å². The van der Waals surface area contributed by atoms with E-state index in [0.29, 0.717) is 12.3 Å². The summed E-state index contributed by atoms with van der Waals surface area (Å²) in [5.41, 5.74) is 0.192. The number of thiol groups is 1. The fraction of sp³-hybridized carbons (Fsp3) is 0.818. The molecule has 0 saturated carbocycles. The summed E-state index contributed by atoms with van der Waals surface area (Å²) in [4.78, 5) is 22.4. The molecule has 0 aliphatic rings. The predicted octanol–water partition coefficient (Wildman–Crippen LogP) is 0.973. The fourth-order valence-electron chi connectivity index (χ4n) is 1.12. The van der Waals surface area contributed by atoms with Gasteiger partial charge in [0.1, 0.15) is 6.04 Å². The maximum Gasteiger partial charge on any atom is 0.243 e. The highest BCUT2D eigenvalue weighted by Crippen LogP contribution is 2.16. The van der Waals surface area contributed by atoms with Crippen molar-refractivity contribution in [2.75, 3.05) is 12.3 Å². The molecular formula is C11H22N2O2S. The van der Waals surface area contributed by atoms with Gasteiger partial charge in [-0.3, -0.25) is 9.59 Å². The summed E-state index contributed by atoms with van der Waals surface area (Å²) < 4.78 is 0. The maximum absolute atomic E-state index is 11.6. The molecule has 94 valence electrons. The largest absolute Gasteiger partial charge is 0.354 e. The molecule has 0 aromatic carbocycles.